The van der Waals surface area contributed by atoms with Crippen molar-refractivity contribution >= 4 is 40.9 Å². The molecule has 0 N–H and O–H groups in total. The molecular weight excluding hydrogens is 393 g/mol. The normalized spacial score (nSPS) is 12.0. The Morgan fingerprint density at radius 1 is 1.33 bits per heavy atom. The van der Waals surface area contributed by atoms with Gasteiger partial charge in [0.05, 0.1) is 17.1 Å². The quantitative estimate of drug-likeness (QED) is 0.380. The Morgan fingerprint density at radius 2 is 2.00 bits per heavy atom. The summed E-state index contributed by atoms with van der Waals surface area (Å²) in [6, 6.07) is 4.37. The van der Waals surface area contributed by atoms with Gasteiger partial charge < -0.3 is 14.0 Å². The van der Waals surface area contributed by atoms with Gasteiger partial charge in [-0.3, -0.25) is 0 Å². The fourth-order valence-corrected chi connectivity index (χ4v) is 3.76. The molecule has 0 fully saturated rings. The lowest BCUT2D eigenvalue weighted by Gasteiger charge is -2.16. The topological polar surface area (TPSA) is 40.5 Å². The highest BCUT2D eigenvalue weighted by atomic mass is 79.9. The Labute approximate surface area is 151 Å². The smallest absolute Gasteiger partial charge is 0.354 e. The first-order chi connectivity index (χ1) is 11.2. The SMILES string of the molecule is COC(=O)c1cc2c(C)cc(Br)c(F)c2n1COCC[Si](C)(C)C. The van der Waals surface area contributed by atoms with Crippen molar-refractivity contribution in [1.29, 1.82) is 0 Å². The number of carbonyl (C=O) groups excluding carboxylic acids is 1. The van der Waals surface area contributed by atoms with Crippen LogP contribution in [0.1, 0.15) is 16.1 Å². The first kappa shape index (κ1) is 19.1. The van der Waals surface area contributed by atoms with Gasteiger partial charge in [-0.05, 0) is 46.6 Å². The molecule has 1 aromatic heterocycles. The van der Waals surface area contributed by atoms with Crippen LogP contribution in [0.15, 0.2) is 16.6 Å². The summed E-state index contributed by atoms with van der Waals surface area (Å²) in [6.07, 6.45) is 0. The monoisotopic (exact) mass is 415 g/mol. The number of carbonyl (C=O) groups is 1. The molecule has 0 aliphatic heterocycles. The molecule has 0 radical (unpaired) electrons. The lowest BCUT2D eigenvalue weighted by molar-refractivity contribution is 0.0545. The van der Waals surface area contributed by atoms with Crippen molar-refractivity contribution < 1.29 is 18.7 Å². The lowest BCUT2D eigenvalue weighted by Crippen LogP contribution is -2.22. The van der Waals surface area contributed by atoms with Gasteiger partial charge in [-0.25, -0.2) is 9.18 Å². The van der Waals surface area contributed by atoms with Gasteiger partial charge in [-0.2, -0.15) is 0 Å². The Kier molecular flexibility index (Phi) is 5.88. The van der Waals surface area contributed by atoms with E-state index in [9.17, 15) is 9.18 Å². The summed E-state index contributed by atoms with van der Waals surface area (Å²) in [5, 5.41) is 0.685. The van der Waals surface area contributed by atoms with E-state index < -0.39 is 19.9 Å². The van der Waals surface area contributed by atoms with Gasteiger partial charge in [0.1, 0.15) is 12.4 Å². The molecule has 0 saturated carbocycles. The molecule has 0 spiro atoms. The molecule has 0 aliphatic carbocycles. The summed E-state index contributed by atoms with van der Waals surface area (Å²) >= 11 is 3.23. The number of benzene rings is 1. The number of aryl methyl sites for hydroxylation is 1. The van der Waals surface area contributed by atoms with Crippen LogP contribution in [0.3, 0.4) is 0 Å². The molecule has 24 heavy (non-hydrogen) atoms. The van der Waals surface area contributed by atoms with Gasteiger partial charge in [0.25, 0.3) is 0 Å². The molecule has 7 heteroatoms. The van der Waals surface area contributed by atoms with Gasteiger partial charge in [0.2, 0.25) is 0 Å². The number of nitrogens with zero attached hydrogens (tertiary/aromatic N) is 1. The van der Waals surface area contributed by atoms with Gasteiger partial charge in [-0.15, -0.1) is 0 Å². The van der Waals surface area contributed by atoms with Crippen molar-refractivity contribution in [2.75, 3.05) is 13.7 Å². The van der Waals surface area contributed by atoms with Gasteiger partial charge in [-0.1, -0.05) is 19.6 Å². The molecule has 0 saturated heterocycles. The van der Waals surface area contributed by atoms with Crippen molar-refractivity contribution in [1.82, 2.24) is 4.57 Å². The highest BCUT2D eigenvalue weighted by molar-refractivity contribution is 9.10. The van der Waals surface area contributed by atoms with E-state index in [0.717, 1.165) is 11.6 Å². The van der Waals surface area contributed by atoms with E-state index >= 15 is 0 Å². The first-order valence-electron chi connectivity index (χ1n) is 7.79. The van der Waals surface area contributed by atoms with Crippen LogP contribution in [0, 0.1) is 12.7 Å². The van der Waals surface area contributed by atoms with E-state index in [1.807, 2.05) is 6.92 Å². The summed E-state index contributed by atoms with van der Waals surface area (Å²) in [4.78, 5) is 12.1. The average molecular weight is 416 g/mol. The number of aromatic nitrogens is 1. The Balaban J connectivity index is 2.43. The Bertz CT molecular complexity index is 768. The third-order valence-corrected chi connectivity index (χ3v) is 6.18. The van der Waals surface area contributed by atoms with Crippen LogP contribution in [0.25, 0.3) is 10.9 Å². The minimum absolute atomic E-state index is 0.116. The number of hydrogen-bond donors (Lipinski definition) is 0. The van der Waals surface area contributed by atoms with Crippen molar-refractivity contribution in [3.8, 4) is 0 Å². The second-order valence-electron chi connectivity index (χ2n) is 7.05. The first-order valence-corrected chi connectivity index (χ1v) is 12.3. The van der Waals surface area contributed by atoms with Crippen LogP contribution >= 0.6 is 15.9 Å². The maximum Gasteiger partial charge on any atom is 0.354 e. The van der Waals surface area contributed by atoms with E-state index in [2.05, 4.69) is 35.6 Å². The summed E-state index contributed by atoms with van der Waals surface area (Å²) in [5.74, 6) is -0.908. The zero-order valence-electron chi connectivity index (χ0n) is 14.7. The lowest BCUT2D eigenvalue weighted by atomic mass is 10.1. The molecule has 2 rings (SSSR count). The summed E-state index contributed by atoms with van der Waals surface area (Å²) in [5.41, 5.74) is 1.53. The number of methoxy groups -OCH3 is 1. The van der Waals surface area contributed by atoms with Crippen LogP contribution in [0.4, 0.5) is 4.39 Å². The third-order valence-electron chi connectivity index (χ3n) is 3.89. The highest BCUT2D eigenvalue weighted by Crippen LogP contribution is 2.31. The van der Waals surface area contributed by atoms with Gasteiger partial charge in [0, 0.05) is 20.1 Å². The number of rotatable bonds is 6. The average Bonchev–Trinajstić information content (AvgIpc) is 2.87. The van der Waals surface area contributed by atoms with Crippen LogP contribution in [0.2, 0.25) is 25.7 Å². The molecule has 132 valence electrons. The molecule has 0 atom stereocenters. The molecule has 0 amide bonds. The Morgan fingerprint density at radius 3 is 2.58 bits per heavy atom. The van der Waals surface area contributed by atoms with E-state index in [-0.39, 0.29) is 6.73 Å². The van der Waals surface area contributed by atoms with E-state index in [4.69, 9.17) is 9.47 Å². The van der Waals surface area contributed by atoms with Crippen LogP contribution in [0.5, 0.6) is 0 Å². The largest absolute Gasteiger partial charge is 0.464 e. The molecule has 0 aliphatic rings. The maximum absolute atomic E-state index is 14.6. The molecular formula is C17H23BrFNO3Si. The van der Waals surface area contributed by atoms with Crippen molar-refractivity contribution in [2.45, 2.75) is 39.3 Å². The number of hydrogen-bond acceptors (Lipinski definition) is 3. The number of halogens is 2. The molecule has 2 aromatic rings. The second-order valence-corrected chi connectivity index (χ2v) is 13.5. The fraction of sp³-hybridized carbons (Fsp3) is 0.471. The van der Waals surface area contributed by atoms with Gasteiger partial charge >= 0.3 is 5.97 Å². The minimum atomic E-state index is -1.21. The standard InChI is InChI=1S/C17H23BrFNO3Si/c1-11-8-13(18)15(19)16-12(11)9-14(17(21)22-2)20(16)10-23-6-7-24(3,4)5/h8-9H,6-7,10H2,1-5H3. The van der Waals surface area contributed by atoms with E-state index in [1.165, 1.54) is 7.11 Å². The molecule has 4 nitrogen and oxygen atoms in total. The van der Waals surface area contributed by atoms with E-state index in [1.54, 1.807) is 16.7 Å². The van der Waals surface area contributed by atoms with Crippen molar-refractivity contribution in [3.63, 3.8) is 0 Å². The molecule has 0 unspecified atom stereocenters. The molecule has 1 aromatic carbocycles. The van der Waals surface area contributed by atoms with Crippen LogP contribution < -0.4 is 0 Å². The zero-order valence-corrected chi connectivity index (χ0v) is 17.3. The Hall–Kier alpha value is -1.18. The zero-order chi connectivity index (χ0) is 18.1. The second kappa shape index (κ2) is 7.37. The van der Waals surface area contributed by atoms with Crippen molar-refractivity contribution in [2.24, 2.45) is 0 Å². The highest BCUT2D eigenvalue weighted by Gasteiger charge is 2.22. The van der Waals surface area contributed by atoms with Crippen LogP contribution in [-0.4, -0.2) is 32.3 Å². The number of ether oxygens (including phenoxy) is 2. The fourth-order valence-electron chi connectivity index (χ4n) is 2.47. The molecule has 1 heterocycles. The minimum Gasteiger partial charge on any atom is -0.464 e. The van der Waals surface area contributed by atoms with Crippen molar-refractivity contribution in [3.05, 3.63) is 33.7 Å². The van der Waals surface area contributed by atoms with E-state index in [0.29, 0.717) is 27.7 Å². The third kappa shape index (κ3) is 4.07. The number of fused-ring (bicyclic) bond motifs is 1. The summed E-state index contributed by atoms with van der Waals surface area (Å²) in [6.45, 7) is 9.38. The molecule has 0 bridgehead atoms. The predicted molar refractivity (Wildman–Crippen MR) is 99.8 cm³/mol. The summed E-state index contributed by atoms with van der Waals surface area (Å²) in [7, 11) is 0.104. The summed E-state index contributed by atoms with van der Waals surface area (Å²) < 4.78 is 27.1. The predicted octanol–water partition coefficient (Wildman–Crippen LogP) is 4.95. The number of esters is 1. The van der Waals surface area contributed by atoms with Crippen LogP contribution in [-0.2, 0) is 16.2 Å². The van der Waals surface area contributed by atoms with Gasteiger partial charge in [0.15, 0.2) is 5.82 Å². The maximum atomic E-state index is 14.6.